The smallest absolute Gasteiger partial charge is 0.223 e. The SMILES string of the molecule is CN=C(NCCCOc1c(C)cccc1C)NCC1CC(=O)N(CCc2ccccc2)C1.I. The summed E-state index contributed by atoms with van der Waals surface area (Å²) < 4.78 is 5.96. The van der Waals surface area contributed by atoms with Gasteiger partial charge in [-0.2, -0.15) is 0 Å². The molecule has 0 radical (unpaired) electrons. The molecule has 2 aromatic rings. The van der Waals surface area contributed by atoms with E-state index in [1.165, 1.54) is 16.7 Å². The van der Waals surface area contributed by atoms with Crippen LogP contribution in [0, 0.1) is 19.8 Å². The highest BCUT2D eigenvalue weighted by atomic mass is 127. The number of carbonyl (C=O) groups is 1. The van der Waals surface area contributed by atoms with Gasteiger partial charge in [-0.15, -0.1) is 24.0 Å². The Morgan fingerprint density at radius 1 is 1.09 bits per heavy atom. The standard InChI is InChI=1S/C26H36N4O2.HI/c1-20-9-7-10-21(2)25(20)32-16-8-14-28-26(27-3)29-18-23-17-24(31)30(19-23)15-13-22-11-5-4-6-12-22;/h4-7,9-12,23H,8,13-19H2,1-3H3,(H2,27,28,29);1H. The van der Waals surface area contributed by atoms with E-state index < -0.39 is 0 Å². The van der Waals surface area contributed by atoms with E-state index in [2.05, 4.69) is 59.8 Å². The Bertz CT molecular complexity index is 884. The van der Waals surface area contributed by atoms with Crippen LogP contribution in [0.2, 0.25) is 0 Å². The number of para-hydroxylation sites is 1. The van der Waals surface area contributed by atoms with Crippen LogP contribution in [0.15, 0.2) is 53.5 Å². The van der Waals surface area contributed by atoms with Gasteiger partial charge in [-0.3, -0.25) is 9.79 Å². The molecule has 1 saturated heterocycles. The van der Waals surface area contributed by atoms with Crippen LogP contribution in [0.3, 0.4) is 0 Å². The van der Waals surface area contributed by atoms with Gasteiger partial charge in [0, 0.05) is 45.6 Å². The zero-order chi connectivity index (χ0) is 22.8. The summed E-state index contributed by atoms with van der Waals surface area (Å²) in [5.41, 5.74) is 3.60. The normalized spacial score (nSPS) is 15.8. The Kier molecular flexibility index (Phi) is 11.5. The van der Waals surface area contributed by atoms with Gasteiger partial charge in [0.15, 0.2) is 5.96 Å². The van der Waals surface area contributed by atoms with Crippen LogP contribution >= 0.6 is 24.0 Å². The fourth-order valence-corrected chi connectivity index (χ4v) is 4.06. The van der Waals surface area contributed by atoms with Crippen molar-refractivity contribution in [3.8, 4) is 5.75 Å². The lowest BCUT2D eigenvalue weighted by molar-refractivity contribution is -0.127. The number of carbonyl (C=O) groups excluding carboxylic acids is 1. The van der Waals surface area contributed by atoms with Crippen molar-refractivity contribution in [3.63, 3.8) is 0 Å². The average Bonchev–Trinajstić information content (AvgIpc) is 3.16. The molecule has 3 rings (SSSR count). The highest BCUT2D eigenvalue weighted by Gasteiger charge is 2.29. The number of likely N-dealkylation sites (tertiary alicyclic amines) is 1. The van der Waals surface area contributed by atoms with Crippen molar-refractivity contribution in [1.29, 1.82) is 0 Å². The van der Waals surface area contributed by atoms with Crippen molar-refractivity contribution < 1.29 is 9.53 Å². The first-order valence-electron chi connectivity index (χ1n) is 11.5. The predicted molar refractivity (Wildman–Crippen MR) is 146 cm³/mol. The molecule has 1 unspecified atom stereocenters. The third-order valence-electron chi connectivity index (χ3n) is 5.86. The minimum Gasteiger partial charge on any atom is -0.493 e. The first-order valence-corrected chi connectivity index (χ1v) is 11.5. The van der Waals surface area contributed by atoms with Crippen LogP contribution in [0.4, 0.5) is 0 Å². The molecule has 0 saturated carbocycles. The molecule has 0 spiro atoms. The Balaban J connectivity index is 0.00000385. The van der Waals surface area contributed by atoms with E-state index in [9.17, 15) is 4.79 Å². The molecule has 33 heavy (non-hydrogen) atoms. The van der Waals surface area contributed by atoms with Gasteiger partial charge < -0.3 is 20.3 Å². The Morgan fingerprint density at radius 3 is 2.52 bits per heavy atom. The maximum absolute atomic E-state index is 12.4. The van der Waals surface area contributed by atoms with Gasteiger partial charge in [0.1, 0.15) is 5.75 Å². The highest BCUT2D eigenvalue weighted by molar-refractivity contribution is 14.0. The number of ether oxygens (including phenoxy) is 1. The fourth-order valence-electron chi connectivity index (χ4n) is 4.06. The number of aliphatic imine (C=N–C) groups is 1. The molecule has 1 aliphatic heterocycles. The number of hydrogen-bond acceptors (Lipinski definition) is 3. The molecular formula is C26H37IN4O2. The maximum Gasteiger partial charge on any atom is 0.223 e. The van der Waals surface area contributed by atoms with Gasteiger partial charge >= 0.3 is 0 Å². The molecule has 1 atom stereocenters. The molecule has 6 nitrogen and oxygen atoms in total. The van der Waals surface area contributed by atoms with Crippen LogP contribution in [0.25, 0.3) is 0 Å². The summed E-state index contributed by atoms with van der Waals surface area (Å²) in [6.45, 7) is 7.91. The summed E-state index contributed by atoms with van der Waals surface area (Å²) in [6, 6.07) is 16.5. The van der Waals surface area contributed by atoms with Crippen LogP contribution in [-0.4, -0.2) is 56.6 Å². The maximum atomic E-state index is 12.4. The van der Waals surface area contributed by atoms with Crippen molar-refractivity contribution >= 4 is 35.8 Å². The van der Waals surface area contributed by atoms with Crippen molar-refractivity contribution in [3.05, 3.63) is 65.2 Å². The summed E-state index contributed by atoms with van der Waals surface area (Å²) in [7, 11) is 1.77. The number of nitrogens with one attached hydrogen (secondary N) is 2. The molecule has 0 aliphatic carbocycles. The van der Waals surface area contributed by atoms with E-state index in [-0.39, 0.29) is 29.9 Å². The van der Waals surface area contributed by atoms with E-state index in [1.807, 2.05) is 23.1 Å². The minimum atomic E-state index is 0. The monoisotopic (exact) mass is 564 g/mol. The van der Waals surface area contributed by atoms with E-state index in [4.69, 9.17) is 4.74 Å². The van der Waals surface area contributed by atoms with Gasteiger partial charge in [-0.25, -0.2) is 0 Å². The topological polar surface area (TPSA) is 66.0 Å². The van der Waals surface area contributed by atoms with Crippen LogP contribution in [0.5, 0.6) is 5.75 Å². The molecule has 1 aliphatic rings. The van der Waals surface area contributed by atoms with E-state index in [0.29, 0.717) is 18.9 Å². The first kappa shape index (κ1) is 27.0. The largest absolute Gasteiger partial charge is 0.493 e. The highest BCUT2D eigenvalue weighted by Crippen LogP contribution is 2.22. The molecular weight excluding hydrogens is 527 g/mol. The Morgan fingerprint density at radius 2 is 1.82 bits per heavy atom. The minimum absolute atomic E-state index is 0. The van der Waals surface area contributed by atoms with E-state index in [1.54, 1.807) is 7.05 Å². The van der Waals surface area contributed by atoms with Gasteiger partial charge in [0.2, 0.25) is 5.91 Å². The van der Waals surface area contributed by atoms with Gasteiger partial charge in [-0.05, 0) is 43.4 Å². The molecule has 2 N–H and O–H groups in total. The van der Waals surface area contributed by atoms with Crippen LogP contribution < -0.4 is 15.4 Å². The summed E-state index contributed by atoms with van der Waals surface area (Å²) in [4.78, 5) is 18.7. The fraction of sp³-hybridized carbons (Fsp3) is 0.462. The molecule has 0 aromatic heterocycles. The van der Waals surface area contributed by atoms with Crippen molar-refractivity contribution in [1.82, 2.24) is 15.5 Å². The Labute approximate surface area is 215 Å². The average molecular weight is 565 g/mol. The molecule has 180 valence electrons. The van der Waals surface area contributed by atoms with Gasteiger partial charge in [-0.1, -0.05) is 48.5 Å². The number of hydrogen-bond donors (Lipinski definition) is 2. The summed E-state index contributed by atoms with van der Waals surface area (Å²) in [6.07, 6.45) is 2.38. The molecule has 1 heterocycles. The van der Waals surface area contributed by atoms with Gasteiger partial charge in [0.25, 0.3) is 0 Å². The van der Waals surface area contributed by atoms with Gasteiger partial charge in [0.05, 0.1) is 6.61 Å². The number of nitrogens with zero attached hydrogens (tertiary/aromatic N) is 2. The second kappa shape index (κ2) is 14.1. The van der Waals surface area contributed by atoms with Crippen LogP contribution in [-0.2, 0) is 11.2 Å². The molecule has 1 fully saturated rings. The Hall–Kier alpha value is -2.29. The predicted octanol–water partition coefficient (Wildman–Crippen LogP) is 3.95. The van der Waals surface area contributed by atoms with Crippen molar-refractivity contribution in [2.45, 2.75) is 33.1 Å². The molecule has 2 aromatic carbocycles. The summed E-state index contributed by atoms with van der Waals surface area (Å²) in [5.74, 6) is 2.31. The number of halogens is 1. The zero-order valence-electron chi connectivity index (χ0n) is 20.0. The lowest BCUT2D eigenvalue weighted by Gasteiger charge is -2.18. The summed E-state index contributed by atoms with van der Waals surface area (Å²) in [5, 5.41) is 6.71. The molecule has 0 bridgehead atoms. The quantitative estimate of drug-likeness (QED) is 0.199. The van der Waals surface area contributed by atoms with Crippen molar-refractivity contribution in [2.75, 3.05) is 39.8 Å². The summed E-state index contributed by atoms with van der Waals surface area (Å²) >= 11 is 0. The lowest BCUT2D eigenvalue weighted by atomic mass is 10.1. The molecule has 1 amide bonds. The first-order chi connectivity index (χ1) is 15.6. The lowest BCUT2D eigenvalue weighted by Crippen LogP contribution is -2.41. The number of aryl methyl sites for hydroxylation is 2. The van der Waals surface area contributed by atoms with E-state index in [0.717, 1.165) is 50.7 Å². The third-order valence-corrected chi connectivity index (χ3v) is 5.86. The number of amides is 1. The zero-order valence-corrected chi connectivity index (χ0v) is 22.3. The number of guanidine groups is 1. The molecule has 7 heteroatoms. The van der Waals surface area contributed by atoms with Crippen molar-refractivity contribution in [2.24, 2.45) is 10.9 Å². The second-order valence-corrected chi connectivity index (χ2v) is 8.45. The number of benzene rings is 2. The van der Waals surface area contributed by atoms with Crippen LogP contribution in [0.1, 0.15) is 29.5 Å². The second-order valence-electron chi connectivity index (χ2n) is 8.45. The number of rotatable bonds is 10. The third kappa shape index (κ3) is 8.53. The van der Waals surface area contributed by atoms with E-state index >= 15 is 0 Å².